The van der Waals surface area contributed by atoms with Crippen LogP contribution in [0.2, 0.25) is 5.02 Å². The van der Waals surface area contributed by atoms with Crippen LogP contribution in [0.1, 0.15) is 19.5 Å². The summed E-state index contributed by atoms with van der Waals surface area (Å²) >= 11 is 6.00. The van der Waals surface area contributed by atoms with Crippen LogP contribution >= 0.6 is 11.6 Å². The lowest BCUT2D eigenvalue weighted by molar-refractivity contribution is -0.00638. The first-order valence-corrected chi connectivity index (χ1v) is 7.52. The average Bonchev–Trinajstić information content (AvgIpc) is 2.90. The highest BCUT2D eigenvalue weighted by Gasteiger charge is 2.28. The summed E-state index contributed by atoms with van der Waals surface area (Å²) in [4.78, 5) is 6.31. The Kier molecular flexibility index (Phi) is 4.06. The SMILES string of the molecule is C[C@@H]1CN(c2oc(-c3cccc(Cl)c3)nc2C#N)C[C@H](C)O1. The third kappa shape index (κ3) is 2.94. The molecule has 0 spiro atoms. The van der Waals surface area contributed by atoms with Crippen LogP contribution in [0, 0.1) is 11.3 Å². The minimum Gasteiger partial charge on any atom is -0.419 e. The van der Waals surface area contributed by atoms with Crippen molar-refractivity contribution >= 4 is 17.5 Å². The third-order valence-corrected chi connectivity index (χ3v) is 3.73. The highest BCUT2D eigenvalue weighted by molar-refractivity contribution is 6.30. The van der Waals surface area contributed by atoms with Gasteiger partial charge >= 0.3 is 0 Å². The van der Waals surface area contributed by atoms with Gasteiger partial charge < -0.3 is 14.1 Å². The zero-order valence-corrected chi connectivity index (χ0v) is 13.2. The van der Waals surface area contributed by atoms with E-state index in [0.29, 0.717) is 29.9 Å². The molecule has 0 radical (unpaired) electrons. The second-order valence-corrected chi connectivity index (χ2v) is 5.89. The van der Waals surface area contributed by atoms with Gasteiger partial charge in [-0.05, 0) is 32.0 Å². The van der Waals surface area contributed by atoms with Gasteiger partial charge in [-0.25, -0.2) is 0 Å². The van der Waals surface area contributed by atoms with Crippen LogP contribution < -0.4 is 4.90 Å². The van der Waals surface area contributed by atoms with Crippen molar-refractivity contribution in [3.8, 4) is 17.5 Å². The number of anilines is 1. The molecule has 2 aromatic rings. The molecule has 22 heavy (non-hydrogen) atoms. The minimum absolute atomic E-state index is 0.0787. The smallest absolute Gasteiger partial charge is 0.235 e. The van der Waals surface area contributed by atoms with Crippen LogP contribution in [0.4, 0.5) is 5.88 Å². The number of benzene rings is 1. The number of hydrogen-bond acceptors (Lipinski definition) is 5. The van der Waals surface area contributed by atoms with Crippen LogP contribution in [0.5, 0.6) is 0 Å². The quantitative estimate of drug-likeness (QED) is 0.848. The Morgan fingerprint density at radius 2 is 2.05 bits per heavy atom. The standard InChI is InChI=1S/C16H16ClN3O2/c1-10-8-20(9-11(2)21-10)16-14(7-18)19-15(22-16)12-4-3-5-13(17)6-12/h3-6,10-11H,8-9H2,1-2H3/t10-,11+. The van der Waals surface area contributed by atoms with Crippen LogP contribution in [-0.4, -0.2) is 30.3 Å². The lowest BCUT2D eigenvalue weighted by Crippen LogP contribution is -2.45. The molecule has 0 aliphatic carbocycles. The summed E-state index contributed by atoms with van der Waals surface area (Å²) in [6, 6.07) is 9.34. The average molecular weight is 318 g/mol. The maximum atomic E-state index is 9.34. The molecule has 1 fully saturated rings. The molecule has 1 aliphatic rings. The van der Waals surface area contributed by atoms with E-state index in [4.69, 9.17) is 20.8 Å². The summed E-state index contributed by atoms with van der Waals surface area (Å²) in [5.74, 6) is 0.903. The number of rotatable bonds is 2. The maximum absolute atomic E-state index is 9.34. The fraction of sp³-hybridized carbons (Fsp3) is 0.375. The predicted molar refractivity (Wildman–Crippen MR) is 83.9 cm³/mol. The molecule has 6 heteroatoms. The normalized spacial score (nSPS) is 21.6. The molecule has 0 bridgehead atoms. The summed E-state index contributed by atoms with van der Waals surface area (Å²) < 4.78 is 11.6. The van der Waals surface area contributed by atoms with E-state index in [2.05, 4.69) is 11.1 Å². The lowest BCUT2D eigenvalue weighted by atomic mass is 10.2. The Morgan fingerprint density at radius 1 is 1.32 bits per heavy atom. The van der Waals surface area contributed by atoms with Gasteiger partial charge in [-0.15, -0.1) is 0 Å². The fourth-order valence-corrected chi connectivity index (χ4v) is 2.88. The molecule has 5 nitrogen and oxygen atoms in total. The number of aromatic nitrogens is 1. The van der Waals surface area contributed by atoms with Gasteiger partial charge in [0, 0.05) is 23.7 Å². The van der Waals surface area contributed by atoms with Gasteiger partial charge in [-0.1, -0.05) is 17.7 Å². The van der Waals surface area contributed by atoms with Gasteiger partial charge in [0.25, 0.3) is 0 Å². The molecular formula is C16H16ClN3O2. The molecule has 0 saturated carbocycles. The lowest BCUT2D eigenvalue weighted by Gasteiger charge is -2.34. The van der Waals surface area contributed by atoms with E-state index >= 15 is 0 Å². The monoisotopic (exact) mass is 317 g/mol. The number of morpholine rings is 1. The van der Waals surface area contributed by atoms with Crippen molar-refractivity contribution in [3.05, 3.63) is 35.0 Å². The number of oxazole rings is 1. The molecule has 0 N–H and O–H groups in total. The first-order valence-electron chi connectivity index (χ1n) is 7.14. The van der Waals surface area contributed by atoms with Crippen LogP contribution in [0.15, 0.2) is 28.7 Å². The van der Waals surface area contributed by atoms with Crippen molar-refractivity contribution in [1.29, 1.82) is 5.26 Å². The molecule has 0 amide bonds. The number of hydrogen-bond donors (Lipinski definition) is 0. The third-order valence-electron chi connectivity index (χ3n) is 3.49. The van der Waals surface area contributed by atoms with Gasteiger partial charge in [0.15, 0.2) is 0 Å². The summed E-state index contributed by atoms with van der Waals surface area (Å²) in [6.45, 7) is 5.35. The first-order chi connectivity index (χ1) is 10.6. The van der Waals surface area contributed by atoms with Crippen molar-refractivity contribution in [2.45, 2.75) is 26.1 Å². The molecule has 1 saturated heterocycles. The Morgan fingerprint density at radius 3 is 2.68 bits per heavy atom. The molecule has 114 valence electrons. The second-order valence-electron chi connectivity index (χ2n) is 5.46. The number of nitriles is 1. The Balaban J connectivity index is 1.97. The van der Waals surface area contributed by atoms with E-state index in [9.17, 15) is 5.26 Å². The van der Waals surface area contributed by atoms with Crippen molar-refractivity contribution in [1.82, 2.24) is 4.98 Å². The van der Waals surface area contributed by atoms with E-state index in [1.54, 1.807) is 12.1 Å². The minimum atomic E-state index is 0.0787. The zero-order chi connectivity index (χ0) is 15.7. The van der Waals surface area contributed by atoms with Crippen LogP contribution in [-0.2, 0) is 4.74 Å². The van der Waals surface area contributed by atoms with E-state index in [1.165, 1.54) is 0 Å². The highest BCUT2D eigenvalue weighted by Crippen LogP contribution is 2.30. The molecule has 1 aromatic carbocycles. The second kappa shape index (κ2) is 5.99. The molecule has 1 aliphatic heterocycles. The Labute approximate surface area is 134 Å². The van der Waals surface area contributed by atoms with Gasteiger partial charge in [0.1, 0.15) is 6.07 Å². The molecular weight excluding hydrogens is 302 g/mol. The number of halogens is 1. The fourth-order valence-electron chi connectivity index (χ4n) is 2.69. The maximum Gasteiger partial charge on any atom is 0.235 e. The highest BCUT2D eigenvalue weighted by atomic mass is 35.5. The topological polar surface area (TPSA) is 62.3 Å². The summed E-state index contributed by atoms with van der Waals surface area (Å²) in [7, 11) is 0. The van der Waals surface area contributed by atoms with E-state index in [-0.39, 0.29) is 17.9 Å². The molecule has 3 rings (SSSR count). The molecule has 0 unspecified atom stereocenters. The van der Waals surface area contributed by atoms with Gasteiger partial charge in [-0.3, -0.25) is 0 Å². The molecule has 1 aromatic heterocycles. The summed E-state index contributed by atoms with van der Waals surface area (Å²) in [5, 5.41) is 9.94. The zero-order valence-electron chi connectivity index (χ0n) is 12.4. The van der Waals surface area contributed by atoms with Crippen molar-refractivity contribution in [2.75, 3.05) is 18.0 Å². The summed E-state index contributed by atoms with van der Waals surface area (Å²) in [6.07, 6.45) is 0.157. The Bertz CT molecular complexity index is 712. The largest absolute Gasteiger partial charge is 0.419 e. The van der Waals surface area contributed by atoms with Crippen molar-refractivity contribution < 1.29 is 9.15 Å². The van der Waals surface area contributed by atoms with E-state index in [0.717, 1.165) is 5.56 Å². The predicted octanol–water partition coefficient (Wildman–Crippen LogP) is 3.48. The van der Waals surface area contributed by atoms with Crippen molar-refractivity contribution in [3.63, 3.8) is 0 Å². The molecule has 2 heterocycles. The van der Waals surface area contributed by atoms with Gasteiger partial charge in [0.2, 0.25) is 17.5 Å². The number of nitrogens with zero attached hydrogens (tertiary/aromatic N) is 3. The van der Waals surface area contributed by atoms with E-state index in [1.807, 2.05) is 30.9 Å². The van der Waals surface area contributed by atoms with Gasteiger partial charge in [-0.2, -0.15) is 10.2 Å². The van der Waals surface area contributed by atoms with Gasteiger partial charge in [0.05, 0.1) is 12.2 Å². The molecule has 2 atom stereocenters. The Hall–Kier alpha value is -2.03. The van der Waals surface area contributed by atoms with E-state index < -0.39 is 0 Å². The first kappa shape index (κ1) is 14.9. The number of ether oxygens (including phenoxy) is 1. The summed E-state index contributed by atoms with van der Waals surface area (Å²) in [5.41, 5.74) is 1.04. The van der Waals surface area contributed by atoms with Crippen molar-refractivity contribution in [2.24, 2.45) is 0 Å². The van der Waals surface area contributed by atoms with Crippen LogP contribution in [0.25, 0.3) is 11.5 Å². The van der Waals surface area contributed by atoms with Crippen LogP contribution in [0.3, 0.4) is 0 Å².